The number of benzene rings is 2. The van der Waals surface area contributed by atoms with Crippen LogP contribution in [0.25, 0.3) is 0 Å². The average molecular weight is 406 g/mol. The Kier molecular flexibility index (Phi) is 4.76. The summed E-state index contributed by atoms with van der Waals surface area (Å²) in [5.41, 5.74) is 0.862. The highest BCUT2D eigenvalue weighted by Gasteiger charge is 2.12. The second-order valence-corrected chi connectivity index (χ2v) is 6.26. The second kappa shape index (κ2) is 6.16. The van der Waals surface area contributed by atoms with Gasteiger partial charge in [-0.15, -0.1) is 0 Å². The normalized spacial score (nSPS) is 10.5. The molecule has 0 saturated heterocycles. The van der Waals surface area contributed by atoms with Crippen LogP contribution in [0.3, 0.4) is 0 Å². The highest BCUT2D eigenvalue weighted by Crippen LogP contribution is 2.22. The summed E-state index contributed by atoms with van der Waals surface area (Å²) in [6, 6.07) is 9.56. The highest BCUT2D eigenvalue weighted by molar-refractivity contribution is 9.11. The van der Waals surface area contributed by atoms with Crippen molar-refractivity contribution in [3.63, 3.8) is 0 Å². The molecule has 0 saturated carbocycles. The molecule has 0 unspecified atom stereocenters. The van der Waals surface area contributed by atoms with E-state index in [0.29, 0.717) is 16.1 Å². The first-order valence-electron chi connectivity index (χ1n) is 5.39. The highest BCUT2D eigenvalue weighted by atomic mass is 79.9. The molecule has 0 aromatic heterocycles. The largest absolute Gasteiger partial charge is 0.294 e. The number of carbonyl (C=O) groups excluding carboxylic acids is 1. The monoisotopic (exact) mass is 404 g/mol. The van der Waals surface area contributed by atoms with Gasteiger partial charge in [0.1, 0.15) is 5.82 Å². The van der Waals surface area contributed by atoms with Crippen LogP contribution >= 0.6 is 43.5 Å². The number of rotatable bonds is 3. The van der Waals surface area contributed by atoms with Crippen molar-refractivity contribution in [2.24, 2.45) is 0 Å². The fraction of sp³-hybridized carbons (Fsp3) is 0.0714. The standard InChI is InChI=1S/C14H8Br2ClFO/c15-10-3-9(4-11(16)6-10)14(19)5-8-1-2-12(17)7-13(8)18/h1-4,6-7H,5H2. The fourth-order valence-electron chi connectivity index (χ4n) is 1.65. The maximum atomic E-state index is 13.6. The molecule has 2 rings (SSSR count). The van der Waals surface area contributed by atoms with Crippen LogP contribution in [0.2, 0.25) is 5.02 Å². The maximum Gasteiger partial charge on any atom is 0.167 e. The molecule has 0 spiro atoms. The number of Topliss-reactive ketones (excluding diaryl/α,β-unsaturated/α-hetero) is 1. The molecule has 0 aliphatic heterocycles. The molecule has 5 heteroatoms. The third kappa shape index (κ3) is 3.88. The van der Waals surface area contributed by atoms with Crippen LogP contribution in [-0.2, 0) is 6.42 Å². The third-order valence-electron chi connectivity index (χ3n) is 2.55. The number of hydrogen-bond acceptors (Lipinski definition) is 1. The molecule has 0 heterocycles. The minimum Gasteiger partial charge on any atom is -0.294 e. The number of halogens is 4. The van der Waals surface area contributed by atoms with E-state index in [9.17, 15) is 9.18 Å². The Labute approximate surface area is 132 Å². The molecule has 0 N–H and O–H groups in total. The van der Waals surface area contributed by atoms with Crippen LogP contribution in [-0.4, -0.2) is 5.78 Å². The molecule has 0 atom stereocenters. The Morgan fingerprint density at radius 1 is 1.11 bits per heavy atom. The van der Waals surface area contributed by atoms with Crippen molar-refractivity contribution < 1.29 is 9.18 Å². The van der Waals surface area contributed by atoms with E-state index in [0.717, 1.165) is 8.95 Å². The van der Waals surface area contributed by atoms with E-state index in [1.54, 1.807) is 18.2 Å². The molecule has 2 aromatic carbocycles. The van der Waals surface area contributed by atoms with Gasteiger partial charge in [0, 0.05) is 26.0 Å². The van der Waals surface area contributed by atoms with Gasteiger partial charge in [0.25, 0.3) is 0 Å². The third-order valence-corrected chi connectivity index (χ3v) is 3.70. The molecule has 98 valence electrons. The van der Waals surface area contributed by atoms with E-state index in [1.165, 1.54) is 12.1 Å². The minimum absolute atomic E-state index is 0.00585. The Balaban J connectivity index is 2.25. The molecule has 2 aromatic rings. The van der Waals surface area contributed by atoms with Gasteiger partial charge in [-0.05, 0) is 35.9 Å². The number of ketones is 1. The molecule has 0 radical (unpaired) electrons. The quantitative estimate of drug-likeness (QED) is 0.621. The zero-order valence-electron chi connectivity index (χ0n) is 9.59. The first-order valence-corrected chi connectivity index (χ1v) is 7.35. The first kappa shape index (κ1) is 14.7. The zero-order chi connectivity index (χ0) is 14.0. The second-order valence-electron chi connectivity index (χ2n) is 3.99. The summed E-state index contributed by atoms with van der Waals surface area (Å²) in [4.78, 5) is 12.1. The lowest BCUT2D eigenvalue weighted by molar-refractivity contribution is 0.0991. The van der Waals surface area contributed by atoms with Crippen LogP contribution in [0.1, 0.15) is 15.9 Å². The van der Waals surface area contributed by atoms with Gasteiger partial charge in [0.2, 0.25) is 0 Å². The molecular formula is C14H8Br2ClFO. The zero-order valence-corrected chi connectivity index (χ0v) is 13.5. The predicted molar refractivity (Wildman–Crippen MR) is 81.3 cm³/mol. The van der Waals surface area contributed by atoms with Gasteiger partial charge in [0.15, 0.2) is 5.78 Å². The van der Waals surface area contributed by atoms with Crippen LogP contribution in [0.5, 0.6) is 0 Å². The van der Waals surface area contributed by atoms with Crippen molar-refractivity contribution in [1.82, 2.24) is 0 Å². The summed E-state index contributed by atoms with van der Waals surface area (Å²) < 4.78 is 15.2. The van der Waals surface area contributed by atoms with Crippen molar-refractivity contribution >= 4 is 49.2 Å². The summed E-state index contributed by atoms with van der Waals surface area (Å²) in [6.45, 7) is 0. The van der Waals surface area contributed by atoms with E-state index in [4.69, 9.17) is 11.6 Å². The van der Waals surface area contributed by atoms with Crippen LogP contribution in [0.15, 0.2) is 45.3 Å². The van der Waals surface area contributed by atoms with E-state index >= 15 is 0 Å². The van der Waals surface area contributed by atoms with Crippen molar-refractivity contribution in [3.05, 3.63) is 67.3 Å². The first-order chi connectivity index (χ1) is 8.95. The van der Waals surface area contributed by atoms with Crippen molar-refractivity contribution in [2.45, 2.75) is 6.42 Å². The smallest absolute Gasteiger partial charge is 0.167 e. The van der Waals surface area contributed by atoms with Gasteiger partial charge in [-0.25, -0.2) is 4.39 Å². The molecule has 1 nitrogen and oxygen atoms in total. The summed E-state index contributed by atoms with van der Waals surface area (Å²) in [7, 11) is 0. The van der Waals surface area contributed by atoms with E-state index < -0.39 is 5.82 Å². The van der Waals surface area contributed by atoms with Gasteiger partial charge < -0.3 is 0 Å². The Bertz CT molecular complexity index is 623. The molecule has 19 heavy (non-hydrogen) atoms. The topological polar surface area (TPSA) is 17.1 Å². The number of hydrogen-bond donors (Lipinski definition) is 0. The SMILES string of the molecule is O=C(Cc1ccc(Cl)cc1F)c1cc(Br)cc(Br)c1. The van der Waals surface area contributed by atoms with Gasteiger partial charge in [-0.1, -0.05) is 49.5 Å². The lowest BCUT2D eigenvalue weighted by atomic mass is 10.0. The van der Waals surface area contributed by atoms with Gasteiger partial charge in [0.05, 0.1) is 0 Å². The van der Waals surface area contributed by atoms with E-state index in [1.807, 2.05) is 6.07 Å². The summed E-state index contributed by atoms with van der Waals surface area (Å²) in [5, 5.41) is 0.318. The molecule has 0 aliphatic carbocycles. The average Bonchev–Trinajstić information content (AvgIpc) is 2.31. The minimum atomic E-state index is -0.463. The van der Waals surface area contributed by atoms with Crippen LogP contribution < -0.4 is 0 Å². The maximum absolute atomic E-state index is 13.6. The summed E-state index contributed by atoms with van der Waals surface area (Å²) in [6.07, 6.45) is 0.00585. The predicted octanol–water partition coefficient (Wildman–Crippen LogP) is 5.43. The van der Waals surface area contributed by atoms with Gasteiger partial charge >= 0.3 is 0 Å². The van der Waals surface area contributed by atoms with Gasteiger partial charge in [-0.3, -0.25) is 4.79 Å². The van der Waals surface area contributed by atoms with E-state index in [2.05, 4.69) is 31.9 Å². The Morgan fingerprint density at radius 2 is 1.74 bits per heavy atom. The van der Waals surface area contributed by atoms with Crippen LogP contribution in [0.4, 0.5) is 4.39 Å². The lowest BCUT2D eigenvalue weighted by Crippen LogP contribution is -2.05. The number of carbonyl (C=O) groups is 1. The fourth-order valence-corrected chi connectivity index (χ4v) is 3.11. The van der Waals surface area contributed by atoms with Crippen LogP contribution in [0, 0.1) is 5.82 Å². The van der Waals surface area contributed by atoms with Crippen molar-refractivity contribution in [1.29, 1.82) is 0 Å². The Hall–Kier alpha value is -0.710. The van der Waals surface area contributed by atoms with E-state index in [-0.39, 0.29) is 12.2 Å². The van der Waals surface area contributed by atoms with Gasteiger partial charge in [-0.2, -0.15) is 0 Å². The molecular weight excluding hydrogens is 398 g/mol. The van der Waals surface area contributed by atoms with Crippen molar-refractivity contribution in [2.75, 3.05) is 0 Å². The van der Waals surface area contributed by atoms with Crippen molar-refractivity contribution in [3.8, 4) is 0 Å². The molecule has 0 bridgehead atoms. The molecule has 0 fully saturated rings. The summed E-state index contributed by atoms with van der Waals surface area (Å²) in [5.74, 6) is -0.613. The lowest BCUT2D eigenvalue weighted by Gasteiger charge is -2.05. The molecule has 0 amide bonds. The Morgan fingerprint density at radius 3 is 2.32 bits per heavy atom. The summed E-state index contributed by atoms with van der Waals surface area (Å²) >= 11 is 12.3. The molecule has 0 aliphatic rings.